The fourth-order valence-corrected chi connectivity index (χ4v) is 0.491. The topological polar surface area (TPSA) is 20.2 Å². The molecule has 0 aliphatic rings. The van der Waals surface area contributed by atoms with Crippen LogP contribution in [0.5, 0.6) is 0 Å². The number of halogens is 3. The van der Waals surface area contributed by atoms with Gasteiger partial charge < -0.3 is 5.11 Å². The molecule has 0 amide bonds. The molecule has 62 valence electrons. The first kappa shape index (κ1) is 9.75. The molecule has 4 heteroatoms. The van der Waals surface area contributed by atoms with E-state index in [-0.39, 0.29) is 0 Å². The first-order chi connectivity index (χ1) is 4.15. The minimum Gasteiger partial charge on any atom is -0.383 e. The molecule has 0 radical (unpaired) electrons. The smallest absolute Gasteiger partial charge is 0.383 e. The highest BCUT2D eigenvalue weighted by Crippen LogP contribution is 2.32. The maximum absolute atomic E-state index is 11.7. The lowest BCUT2D eigenvalue weighted by atomic mass is 9.89. The van der Waals surface area contributed by atoms with Gasteiger partial charge in [-0.15, -0.1) is 0 Å². The van der Waals surface area contributed by atoms with Crippen molar-refractivity contribution in [3.05, 3.63) is 0 Å². The zero-order valence-corrected chi connectivity index (χ0v) is 6.16. The first-order valence-electron chi connectivity index (χ1n) is 2.90. The summed E-state index contributed by atoms with van der Waals surface area (Å²) in [6.07, 6.45) is -6.74. The van der Waals surface area contributed by atoms with Crippen LogP contribution < -0.4 is 0 Å². The Bertz CT molecular complexity index is 97.1. The molecule has 0 saturated carbocycles. The molecule has 0 aromatic rings. The molecule has 1 nitrogen and oxygen atoms in total. The van der Waals surface area contributed by atoms with Gasteiger partial charge in [-0.2, -0.15) is 13.2 Å². The molecule has 0 aromatic heterocycles. The number of rotatable bonds is 0. The van der Waals surface area contributed by atoms with Crippen molar-refractivity contribution in [2.24, 2.45) is 5.41 Å². The van der Waals surface area contributed by atoms with Crippen LogP contribution in [0.15, 0.2) is 0 Å². The van der Waals surface area contributed by atoms with Crippen LogP contribution in [0.25, 0.3) is 0 Å². The van der Waals surface area contributed by atoms with Crippen molar-refractivity contribution in [3.63, 3.8) is 0 Å². The van der Waals surface area contributed by atoms with Gasteiger partial charge >= 0.3 is 6.18 Å². The molecule has 1 atom stereocenters. The number of aliphatic hydroxyl groups excluding tert-OH is 1. The molecule has 0 aliphatic carbocycles. The minimum atomic E-state index is -4.50. The average molecular weight is 156 g/mol. The molecular weight excluding hydrogens is 145 g/mol. The molecule has 10 heavy (non-hydrogen) atoms. The number of alkyl halides is 3. The Kier molecular flexibility index (Phi) is 2.36. The van der Waals surface area contributed by atoms with E-state index in [0.29, 0.717) is 0 Å². The summed E-state index contributed by atoms with van der Waals surface area (Å²) < 4.78 is 35.1. The molecule has 0 rings (SSSR count). The van der Waals surface area contributed by atoms with Gasteiger partial charge in [0.25, 0.3) is 0 Å². The summed E-state index contributed by atoms with van der Waals surface area (Å²) in [4.78, 5) is 0. The lowest BCUT2D eigenvalue weighted by molar-refractivity contribution is -0.231. The van der Waals surface area contributed by atoms with Crippen LogP contribution in [0.1, 0.15) is 20.8 Å². The lowest BCUT2D eigenvalue weighted by Crippen LogP contribution is -2.39. The van der Waals surface area contributed by atoms with E-state index in [2.05, 4.69) is 0 Å². The summed E-state index contributed by atoms with van der Waals surface area (Å²) in [5.41, 5.74) is -1.13. The number of aliphatic hydroxyl groups is 1. The Hall–Kier alpha value is -0.250. The largest absolute Gasteiger partial charge is 0.414 e. The maximum atomic E-state index is 11.7. The second kappa shape index (κ2) is 2.42. The van der Waals surface area contributed by atoms with Gasteiger partial charge in [0.2, 0.25) is 0 Å². The zero-order valence-electron chi connectivity index (χ0n) is 6.16. The van der Waals surface area contributed by atoms with Crippen LogP contribution in [0.3, 0.4) is 0 Å². The van der Waals surface area contributed by atoms with Gasteiger partial charge in [-0.05, 0) is 5.41 Å². The van der Waals surface area contributed by atoms with E-state index < -0.39 is 17.7 Å². The van der Waals surface area contributed by atoms with Gasteiger partial charge in [0.05, 0.1) is 0 Å². The van der Waals surface area contributed by atoms with Crippen molar-refractivity contribution < 1.29 is 18.3 Å². The van der Waals surface area contributed by atoms with Crippen molar-refractivity contribution >= 4 is 0 Å². The van der Waals surface area contributed by atoms with Crippen LogP contribution in [-0.4, -0.2) is 17.4 Å². The predicted molar refractivity (Wildman–Crippen MR) is 31.5 cm³/mol. The molecule has 0 unspecified atom stereocenters. The normalized spacial score (nSPS) is 17.1. The Morgan fingerprint density at radius 1 is 1.10 bits per heavy atom. The first-order valence-corrected chi connectivity index (χ1v) is 2.90. The van der Waals surface area contributed by atoms with Crippen LogP contribution >= 0.6 is 0 Å². The van der Waals surface area contributed by atoms with Gasteiger partial charge in [0, 0.05) is 0 Å². The van der Waals surface area contributed by atoms with E-state index in [1.807, 2.05) is 0 Å². The SMILES string of the molecule is CC(C)(C)[C@H](O)C(F)(F)F. The van der Waals surface area contributed by atoms with Crippen molar-refractivity contribution in [2.45, 2.75) is 33.1 Å². The third-order valence-corrected chi connectivity index (χ3v) is 1.13. The van der Waals surface area contributed by atoms with Gasteiger partial charge in [0.1, 0.15) is 0 Å². The van der Waals surface area contributed by atoms with Gasteiger partial charge in [-0.3, -0.25) is 0 Å². The summed E-state index contributed by atoms with van der Waals surface area (Å²) in [6.45, 7) is 4.02. The Balaban J connectivity index is 4.23. The molecule has 0 bridgehead atoms. The Labute approximate surface area is 57.9 Å². The zero-order chi connectivity index (χ0) is 8.58. The van der Waals surface area contributed by atoms with E-state index >= 15 is 0 Å². The number of hydrogen-bond donors (Lipinski definition) is 1. The van der Waals surface area contributed by atoms with Gasteiger partial charge in [-0.25, -0.2) is 0 Å². The summed E-state index contributed by atoms with van der Waals surface area (Å²) in [5, 5.41) is 8.60. The molecule has 0 aliphatic heterocycles. The van der Waals surface area contributed by atoms with Crippen molar-refractivity contribution in [1.29, 1.82) is 0 Å². The van der Waals surface area contributed by atoms with Crippen molar-refractivity contribution in [1.82, 2.24) is 0 Å². The molecular formula is C6H11F3O. The van der Waals surface area contributed by atoms with E-state index in [1.54, 1.807) is 0 Å². The lowest BCUT2D eigenvalue weighted by Gasteiger charge is -2.27. The third-order valence-electron chi connectivity index (χ3n) is 1.13. The maximum Gasteiger partial charge on any atom is 0.414 e. The Morgan fingerprint density at radius 3 is 1.40 bits per heavy atom. The number of hydrogen-bond acceptors (Lipinski definition) is 1. The summed E-state index contributed by atoms with van der Waals surface area (Å²) >= 11 is 0. The molecule has 0 fully saturated rings. The van der Waals surface area contributed by atoms with Crippen LogP contribution in [0.2, 0.25) is 0 Å². The Morgan fingerprint density at radius 2 is 1.40 bits per heavy atom. The van der Waals surface area contributed by atoms with E-state index in [0.717, 1.165) is 0 Å². The van der Waals surface area contributed by atoms with Gasteiger partial charge in [-0.1, -0.05) is 20.8 Å². The third kappa shape index (κ3) is 2.56. The van der Waals surface area contributed by atoms with E-state index in [1.165, 1.54) is 20.8 Å². The fourth-order valence-electron chi connectivity index (χ4n) is 0.491. The van der Waals surface area contributed by atoms with Gasteiger partial charge in [0.15, 0.2) is 6.10 Å². The highest BCUT2D eigenvalue weighted by molar-refractivity contribution is 4.78. The van der Waals surface area contributed by atoms with E-state index in [4.69, 9.17) is 5.11 Å². The van der Waals surface area contributed by atoms with Crippen molar-refractivity contribution in [3.8, 4) is 0 Å². The highest BCUT2D eigenvalue weighted by atomic mass is 19.4. The van der Waals surface area contributed by atoms with Crippen LogP contribution in [0.4, 0.5) is 13.2 Å². The molecule has 1 N–H and O–H groups in total. The molecule has 0 saturated heterocycles. The molecule has 0 spiro atoms. The second-order valence-corrected chi connectivity index (χ2v) is 3.31. The highest BCUT2D eigenvalue weighted by Gasteiger charge is 2.45. The summed E-state index contributed by atoms with van der Waals surface area (Å²) in [6, 6.07) is 0. The second-order valence-electron chi connectivity index (χ2n) is 3.31. The monoisotopic (exact) mass is 156 g/mol. The molecule has 0 aromatic carbocycles. The fraction of sp³-hybridized carbons (Fsp3) is 1.00. The van der Waals surface area contributed by atoms with Crippen LogP contribution in [-0.2, 0) is 0 Å². The summed E-state index contributed by atoms with van der Waals surface area (Å²) in [7, 11) is 0. The summed E-state index contributed by atoms with van der Waals surface area (Å²) in [5.74, 6) is 0. The van der Waals surface area contributed by atoms with E-state index in [9.17, 15) is 13.2 Å². The average Bonchev–Trinajstić information content (AvgIpc) is 1.59. The standard InChI is InChI=1S/C6H11F3O/c1-5(2,3)4(10)6(7,8)9/h4,10H,1-3H3/t4-/m0/s1. The predicted octanol–water partition coefficient (Wildman–Crippen LogP) is 1.96. The molecule has 0 heterocycles. The van der Waals surface area contributed by atoms with Crippen LogP contribution in [0, 0.1) is 5.41 Å². The van der Waals surface area contributed by atoms with Crippen molar-refractivity contribution in [2.75, 3.05) is 0 Å². The minimum absolute atomic E-state index is 1.13. The quantitative estimate of drug-likeness (QED) is 0.568.